The van der Waals surface area contributed by atoms with E-state index in [0.29, 0.717) is 0 Å². The Hall–Kier alpha value is -0.120. The third kappa shape index (κ3) is 11.9. The van der Waals surface area contributed by atoms with Gasteiger partial charge in [-0.15, -0.1) is 0 Å². The van der Waals surface area contributed by atoms with Crippen molar-refractivity contribution in [3.8, 4) is 0 Å². The van der Waals surface area contributed by atoms with Crippen LogP contribution in [0.15, 0.2) is 0 Å². The number of quaternary nitrogens is 1. The predicted molar refractivity (Wildman–Crippen MR) is 56.5 cm³/mol. The maximum absolute atomic E-state index is 8.46. The molecule has 0 saturated heterocycles. The molecule has 0 bridgehead atoms. The van der Waals surface area contributed by atoms with Crippen LogP contribution in [0.3, 0.4) is 0 Å². The monoisotopic (exact) mass is 189 g/mol. The maximum Gasteiger partial charge on any atom is 0.0931 e. The van der Waals surface area contributed by atoms with E-state index >= 15 is 0 Å². The molecule has 0 aliphatic carbocycles. The van der Waals surface area contributed by atoms with E-state index in [2.05, 4.69) is 26.5 Å². The minimum Gasteiger partial charge on any atom is -0.381 e. The van der Waals surface area contributed by atoms with Crippen molar-refractivity contribution in [1.82, 2.24) is 5.32 Å². The second kappa shape index (κ2) is 7.30. The number of aliphatic hydroxyl groups is 1. The minimum atomic E-state index is 0.110. The van der Waals surface area contributed by atoms with Crippen LogP contribution in [0.1, 0.15) is 25.7 Å². The van der Waals surface area contributed by atoms with Crippen LogP contribution in [-0.2, 0) is 0 Å². The molecule has 3 nitrogen and oxygen atoms in total. The van der Waals surface area contributed by atoms with Crippen LogP contribution >= 0.6 is 0 Å². The Morgan fingerprint density at radius 3 is 2.15 bits per heavy atom. The van der Waals surface area contributed by atoms with Gasteiger partial charge in [-0.3, -0.25) is 5.32 Å². The van der Waals surface area contributed by atoms with E-state index in [-0.39, 0.29) is 6.73 Å². The van der Waals surface area contributed by atoms with Gasteiger partial charge >= 0.3 is 0 Å². The van der Waals surface area contributed by atoms with Crippen LogP contribution in [0.4, 0.5) is 0 Å². The quantitative estimate of drug-likeness (QED) is 0.336. The normalized spacial score (nSPS) is 12.0. The lowest BCUT2D eigenvalue weighted by atomic mass is 10.2. The third-order valence-electron chi connectivity index (χ3n) is 2.04. The van der Waals surface area contributed by atoms with Crippen LogP contribution < -0.4 is 5.32 Å². The van der Waals surface area contributed by atoms with Crippen molar-refractivity contribution >= 4 is 0 Å². The fraction of sp³-hybridized carbons (Fsp3) is 1.00. The van der Waals surface area contributed by atoms with Crippen LogP contribution in [0.25, 0.3) is 0 Å². The SMILES string of the molecule is C[N+](C)(C)CCCCCCNCO. The Bertz CT molecular complexity index is 110. The highest BCUT2D eigenvalue weighted by Crippen LogP contribution is 2.02. The van der Waals surface area contributed by atoms with Crippen molar-refractivity contribution in [2.75, 3.05) is 41.0 Å². The first-order valence-electron chi connectivity index (χ1n) is 5.18. The van der Waals surface area contributed by atoms with Gasteiger partial charge in [-0.2, -0.15) is 0 Å². The van der Waals surface area contributed by atoms with Crippen molar-refractivity contribution in [1.29, 1.82) is 0 Å². The summed E-state index contributed by atoms with van der Waals surface area (Å²) in [5.74, 6) is 0. The molecule has 2 N–H and O–H groups in total. The summed E-state index contributed by atoms with van der Waals surface area (Å²) >= 11 is 0. The van der Waals surface area contributed by atoms with Gasteiger partial charge in [-0.1, -0.05) is 6.42 Å². The highest BCUT2D eigenvalue weighted by Gasteiger charge is 2.04. The van der Waals surface area contributed by atoms with Gasteiger partial charge in [0.2, 0.25) is 0 Å². The van der Waals surface area contributed by atoms with Gasteiger partial charge in [0, 0.05) is 0 Å². The molecule has 0 aromatic heterocycles. The fourth-order valence-corrected chi connectivity index (χ4v) is 1.27. The zero-order valence-electron chi connectivity index (χ0n) is 9.34. The van der Waals surface area contributed by atoms with Crippen molar-refractivity contribution in [2.45, 2.75) is 25.7 Å². The first-order valence-corrected chi connectivity index (χ1v) is 5.18. The summed E-state index contributed by atoms with van der Waals surface area (Å²) in [5, 5.41) is 11.4. The number of rotatable bonds is 8. The zero-order valence-corrected chi connectivity index (χ0v) is 9.34. The molecule has 0 unspecified atom stereocenters. The van der Waals surface area contributed by atoms with Crippen molar-refractivity contribution in [2.24, 2.45) is 0 Å². The van der Waals surface area contributed by atoms with Crippen LogP contribution in [-0.4, -0.2) is 50.6 Å². The van der Waals surface area contributed by atoms with Gasteiger partial charge in [0.25, 0.3) is 0 Å². The van der Waals surface area contributed by atoms with Crippen molar-refractivity contribution < 1.29 is 9.59 Å². The summed E-state index contributed by atoms with van der Waals surface area (Å²) in [5.41, 5.74) is 0. The molecule has 3 heteroatoms. The van der Waals surface area contributed by atoms with E-state index in [0.717, 1.165) is 11.0 Å². The van der Waals surface area contributed by atoms with Crippen molar-refractivity contribution in [3.05, 3.63) is 0 Å². The average Bonchev–Trinajstić information content (AvgIpc) is 2.01. The highest BCUT2D eigenvalue weighted by molar-refractivity contribution is 4.45. The molecule has 0 atom stereocenters. The summed E-state index contributed by atoms with van der Waals surface area (Å²) in [6.45, 7) is 2.31. The molecule has 0 rings (SSSR count). The Balaban J connectivity index is 3.00. The van der Waals surface area contributed by atoms with Crippen LogP contribution in [0, 0.1) is 0 Å². The zero-order chi connectivity index (χ0) is 10.2. The number of hydrogen-bond acceptors (Lipinski definition) is 2. The summed E-state index contributed by atoms with van der Waals surface area (Å²) in [4.78, 5) is 0. The van der Waals surface area contributed by atoms with Gasteiger partial charge in [0.05, 0.1) is 34.4 Å². The minimum absolute atomic E-state index is 0.110. The number of nitrogens with zero attached hydrogens (tertiary/aromatic N) is 1. The van der Waals surface area contributed by atoms with Crippen LogP contribution in [0.5, 0.6) is 0 Å². The second-order valence-corrected chi connectivity index (χ2v) is 4.59. The van der Waals surface area contributed by atoms with E-state index in [9.17, 15) is 0 Å². The van der Waals surface area contributed by atoms with E-state index in [1.165, 1.54) is 32.2 Å². The maximum atomic E-state index is 8.46. The smallest absolute Gasteiger partial charge is 0.0931 e. The lowest BCUT2D eigenvalue weighted by molar-refractivity contribution is -0.870. The molecule has 0 aromatic carbocycles. The van der Waals surface area contributed by atoms with E-state index in [1.54, 1.807) is 0 Å². The summed E-state index contributed by atoms with van der Waals surface area (Å²) in [6.07, 6.45) is 5.07. The Morgan fingerprint density at radius 2 is 1.62 bits per heavy atom. The second-order valence-electron chi connectivity index (χ2n) is 4.59. The number of aliphatic hydroxyl groups excluding tert-OH is 1. The standard InChI is InChI=1S/C10H25N2O/c1-12(2,3)9-7-5-4-6-8-11-10-13/h11,13H,4-10H2,1-3H3/q+1. The average molecular weight is 189 g/mol. The molecule has 0 amide bonds. The Kier molecular flexibility index (Phi) is 7.23. The van der Waals surface area contributed by atoms with Gasteiger partial charge in [-0.25, -0.2) is 0 Å². The summed E-state index contributed by atoms with van der Waals surface area (Å²) in [7, 11) is 6.69. The fourth-order valence-electron chi connectivity index (χ4n) is 1.27. The lowest BCUT2D eigenvalue weighted by Crippen LogP contribution is -2.35. The number of unbranched alkanes of at least 4 members (excludes halogenated alkanes) is 3. The third-order valence-corrected chi connectivity index (χ3v) is 2.04. The van der Waals surface area contributed by atoms with Gasteiger partial charge in [0.15, 0.2) is 0 Å². The molecule has 0 heterocycles. The molecule has 0 radical (unpaired) electrons. The predicted octanol–water partition coefficient (Wildman–Crippen LogP) is 0.792. The van der Waals surface area contributed by atoms with Gasteiger partial charge in [0.1, 0.15) is 0 Å². The molecule has 0 spiro atoms. The first kappa shape index (κ1) is 12.9. The van der Waals surface area contributed by atoms with Crippen LogP contribution in [0.2, 0.25) is 0 Å². The largest absolute Gasteiger partial charge is 0.381 e. The van der Waals surface area contributed by atoms with Gasteiger partial charge < -0.3 is 9.59 Å². The molecule has 0 aromatic rings. The number of nitrogens with one attached hydrogen (secondary N) is 1. The molecule has 0 fully saturated rings. The lowest BCUT2D eigenvalue weighted by Gasteiger charge is -2.23. The molecular formula is C10H25N2O+. The summed E-state index contributed by atoms with van der Waals surface area (Å²) < 4.78 is 1.06. The van der Waals surface area contributed by atoms with E-state index in [1.807, 2.05) is 0 Å². The highest BCUT2D eigenvalue weighted by atomic mass is 16.3. The summed E-state index contributed by atoms with van der Waals surface area (Å²) in [6, 6.07) is 0. The molecule has 13 heavy (non-hydrogen) atoms. The van der Waals surface area contributed by atoms with E-state index < -0.39 is 0 Å². The first-order chi connectivity index (χ1) is 6.06. The molecule has 0 aliphatic rings. The topological polar surface area (TPSA) is 32.3 Å². The molecular weight excluding hydrogens is 164 g/mol. The Labute approximate surface area is 82.3 Å². The Morgan fingerprint density at radius 1 is 1.00 bits per heavy atom. The number of hydrogen-bond donors (Lipinski definition) is 2. The van der Waals surface area contributed by atoms with Crippen molar-refractivity contribution in [3.63, 3.8) is 0 Å². The molecule has 0 aliphatic heterocycles. The van der Waals surface area contributed by atoms with E-state index in [4.69, 9.17) is 5.11 Å². The van der Waals surface area contributed by atoms with Gasteiger partial charge in [-0.05, 0) is 25.8 Å². The molecule has 0 saturated carbocycles. The molecule has 80 valence electrons.